The summed E-state index contributed by atoms with van der Waals surface area (Å²) in [5.41, 5.74) is 4.01. The molecule has 3 atom stereocenters. The fraction of sp³-hybridized carbons (Fsp3) is 0.333. The van der Waals surface area contributed by atoms with E-state index >= 15 is 0 Å². The van der Waals surface area contributed by atoms with Crippen LogP contribution in [0.4, 0.5) is 0 Å². The molecule has 0 N–H and O–H groups in total. The van der Waals surface area contributed by atoms with Crippen molar-refractivity contribution in [2.45, 2.75) is 31.1 Å². The van der Waals surface area contributed by atoms with Gasteiger partial charge in [-0.25, -0.2) is 0 Å². The van der Waals surface area contributed by atoms with E-state index in [2.05, 4.69) is 100 Å². The SMILES string of the molecule is CCCCN(P)[PH]1(C)[C@@H](c2ccccc2)C=C[C@H]1c1ccccc1. The molecule has 1 aliphatic heterocycles. The van der Waals surface area contributed by atoms with Gasteiger partial charge in [0.2, 0.25) is 0 Å². The topological polar surface area (TPSA) is 3.24 Å². The van der Waals surface area contributed by atoms with Gasteiger partial charge in [0.25, 0.3) is 0 Å². The number of hydrogen-bond donors (Lipinski definition) is 0. The molecule has 0 saturated carbocycles. The van der Waals surface area contributed by atoms with Crippen molar-refractivity contribution in [1.82, 2.24) is 4.44 Å². The van der Waals surface area contributed by atoms with Crippen LogP contribution >= 0.6 is 16.8 Å². The zero-order valence-electron chi connectivity index (χ0n) is 14.7. The Kier molecular flexibility index (Phi) is 5.88. The van der Waals surface area contributed by atoms with Gasteiger partial charge in [-0.15, -0.1) is 0 Å². The summed E-state index contributed by atoms with van der Waals surface area (Å²) in [6.45, 7) is 6.00. The Balaban J connectivity index is 2.00. The van der Waals surface area contributed by atoms with Gasteiger partial charge in [-0.05, 0) is 0 Å². The first-order valence-electron chi connectivity index (χ1n) is 8.98. The number of unbranched alkanes of at least 4 members (excludes halogenated alkanes) is 1. The molecular weight excluding hydrogens is 328 g/mol. The first-order valence-corrected chi connectivity index (χ1v) is 12.1. The van der Waals surface area contributed by atoms with E-state index in [4.69, 9.17) is 0 Å². The van der Waals surface area contributed by atoms with E-state index in [-0.39, 0.29) is 0 Å². The zero-order chi connectivity index (χ0) is 17.0. The molecule has 24 heavy (non-hydrogen) atoms. The first-order chi connectivity index (χ1) is 11.7. The van der Waals surface area contributed by atoms with Crippen LogP contribution in [-0.2, 0) is 0 Å². The Labute approximate surface area is 149 Å². The molecule has 0 radical (unpaired) electrons. The van der Waals surface area contributed by atoms with Crippen molar-refractivity contribution in [3.05, 3.63) is 83.9 Å². The summed E-state index contributed by atoms with van der Waals surface area (Å²) in [5.74, 6) is 0. The second-order valence-corrected chi connectivity index (χ2v) is 12.3. The molecule has 3 heteroatoms. The standard InChI is InChI=1S/C21H29NP2/c1-3-4-17-22(23)24(2)20(18-11-7-5-8-12-18)15-16-21(24)19-13-9-6-10-14-19/h5-16,20-21,24H,3-4,17,23H2,1-2H3/t20-,21+. The monoisotopic (exact) mass is 357 g/mol. The van der Waals surface area contributed by atoms with Crippen molar-refractivity contribution in [2.75, 3.05) is 13.2 Å². The van der Waals surface area contributed by atoms with E-state index in [9.17, 15) is 0 Å². The average molecular weight is 357 g/mol. The van der Waals surface area contributed by atoms with Crippen molar-refractivity contribution < 1.29 is 0 Å². The van der Waals surface area contributed by atoms with Crippen LogP contribution in [0.2, 0.25) is 0 Å². The number of benzene rings is 2. The summed E-state index contributed by atoms with van der Waals surface area (Å²) < 4.78 is 2.64. The normalized spacial score (nSPS) is 23.5. The van der Waals surface area contributed by atoms with Crippen molar-refractivity contribution in [3.8, 4) is 0 Å². The fourth-order valence-corrected chi connectivity index (χ4v) is 9.57. The minimum atomic E-state index is -1.78. The van der Waals surface area contributed by atoms with E-state index in [0.717, 1.165) is 6.54 Å². The van der Waals surface area contributed by atoms with Gasteiger partial charge in [0.1, 0.15) is 0 Å². The molecule has 2 aromatic carbocycles. The molecule has 0 fully saturated rings. The maximum atomic E-state index is 3.09. The van der Waals surface area contributed by atoms with Crippen LogP contribution in [0.1, 0.15) is 42.2 Å². The average Bonchev–Trinajstić information content (AvgIpc) is 2.99. The molecule has 1 aliphatic rings. The van der Waals surface area contributed by atoms with Gasteiger partial charge >= 0.3 is 149 Å². The Morgan fingerprint density at radius 1 is 0.875 bits per heavy atom. The van der Waals surface area contributed by atoms with E-state index < -0.39 is 7.41 Å². The molecule has 2 aromatic rings. The summed E-state index contributed by atoms with van der Waals surface area (Å²) >= 11 is 0. The third-order valence-corrected chi connectivity index (χ3v) is 12.4. The van der Waals surface area contributed by atoms with Gasteiger partial charge in [0.15, 0.2) is 0 Å². The number of rotatable bonds is 6. The molecule has 3 rings (SSSR count). The van der Waals surface area contributed by atoms with Crippen LogP contribution in [0.15, 0.2) is 72.8 Å². The maximum absolute atomic E-state index is 3.09. The third kappa shape index (κ3) is 3.36. The predicted molar refractivity (Wildman–Crippen MR) is 113 cm³/mol. The van der Waals surface area contributed by atoms with Gasteiger partial charge in [-0.2, -0.15) is 0 Å². The minimum absolute atomic E-state index is 0.540. The van der Waals surface area contributed by atoms with E-state index in [0.29, 0.717) is 11.3 Å². The van der Waals surface area contributed by atoms with Gasteiger partial charge in [-0.1, -0.05) is 0 Å². The van der Waals surface area contributed by atoms with Crippen LogP contribution < -0.4 is 0 Å². The number of hydrogen-bond acceptors (Lipinski definition) is 1. The van der Waals surface area contributed by atoms with Crippen molar-refractivity contribution in [3.63, 3.8) is 0 Å². The fourth-order valence-electron chi connectivity index (χ4n) is 3.95. The molecule has 0 aromatic heterocycles. The molecular formula is C21H29NP2. The van der Waals surface area contributed by atoms with Crippen molar-refractivity contribution in [1.29, 1.82) is 0 Å². The van der Waals surface area contributed by atoms with Crippen LogP contribution in [0.25, 0.3) is 0 Å². The summed E-state index contributed by atoms with van der Waals surface area (Å²) in [6, 6.07) is 22.1. The molecule has 1 heterocycles. The predicted octanol–water partition coefficient (Wildman–Crippen LogP) is 6.23. The van der Waals surface area contributed by atoms with E-state index in [1.165, 1.54) is 24.0 Å². The number of allylic oxidation sites excluding steroid dienone is 2. The van der Waals surface area contributed by atoms with Gasteiger partial charge in [-0.3, -0.25) is 0 Å². The first kappa shape index (κ1) is 17.8. The molecule has 128 valence electrons. The summed E-state index contributed by atoms with van der Waals surface area (Å²) in [5, 5.41) is 0. The Hall–Kier alpha value is -1.00. The third-order valence-electron chi connectivity index (χ3n) is 5.44. The Morgan fingerprint density at radius 2 is 1.33 bits per heavy atom. The molecule has 0 spiro atoms. The summed E-state index contributed by atoms with van der Waals surface area (Å²) in [4.78, 5) is 0. The van der Waals surface area contributed by atoms with Crippen molar-refractivity contribution in [2.24, 2.45) is 0 Å². The zero-order valence-corrected chi connectivity index (χ0v) is 16.9. The Bertz CT molecular complexity index is 619. The quantitative estimate of drug-likeness (QED) is 0.438. The van der Waals surface area contributed by atoms with Gasteiger partial charge in [0.05, 0.1) is 0 Å². The number of nitrogens with zero attached hydrogens (tertiary/aromatic N) is 1. The van der Waals surface area contributed by atoms with Gasteiger partial charge in [0, 0.05) is 0 Å². The molecule has 0 saturated heterocycles. The molecule has 1 nitrogen and oxygen atoms in total. The van der Waals surface area contributed by atoms with Crippen LogP contribution in [-0.4, -0.2) is 17.7 Å². The van der Waals surface area contributed by atoms with Crippen LogP contribution in [0, 0.1) is 0 Å². The second-order valence-electron chi connectivity index (χ2n) is 6.93. The molecule has 0 amide bonds. The van der Waals surface area contributed by atoms with Crippen LogP contribution in [0.5, 0.6) is 0 Å². The second kappa shape index (κ2) is 7.92. The molecule has 0 bridgehead atoms. The van der Waals surface area contributed by atoms with E-state index in [1.807, 2.05) is 0 Å². The summed E-state index contributed by atoms with van der Waals surface area (Å²) in [6.07, 6.45) is 7.45. The van der Waals surface area contributed by atoms with Gasteiger partial charge < -0.3 is 0 Å². The Morgan fingerprint density at radius 3 is 1.75 bits per heavy atom. The van der Waals surface area contributed by atoms with Crippen LogP contribution in [0.3, 0.4) is 0 Å². The molecule has 1 unspecified atom stereocenters. The van der Waals surface area contributed by atoms with E-state index in [1.54, 1.807) is 0 Å². The summed E-state index contributed by atoms with van der Waals surface area (Å²) in [7, 11) is 1.30. The van der Waals surface area contributed by atoms with Crippen molar-refractivity contribution >= 4 is 16.8 Å². The molecule has 0 aliphatic carbocycles.